The van der Waals surface area contributed by atoms with Crippen LogP contribution in [0.1, 0.15) is 12.8 Å². The van der Waals surface area contributed by atoms with E-state index in [1.807, 2.05) is 35.6 Å². The number of ether oxygens (including phenoxy) is 1. The van der Waals surface area contributed by atoms with Gasteiger partial charge >= 0.3 is 0 Å². The second-order valence-electron chi connectivity index (χ2n) is 6.16. The summed E-state index contributed by atoms with van der Waals surface area (Å²) in [7, 11) is 1.80. The van der Waals surface area contributed by atoms with Gasteiger partial charge in [0, 0.05) is 31.2 Å². The molecule has 2 heterocycles. The topological polar surface area (TPSA) is 48.9 Å². The van der Waals surface area contributed by atoms with Gasteiger partial charge in [-0.3, -0.25) is 4.99 Å². The molecule has 0 radical (unpaired) electrons. The van der Waals surface area contributed by atoms with E-state index in [1.54, 1.807) is 7.05 Å². The van der Waals surface area contributed by atoms with Crippen LogP contribution < -0.4 is 20.3 Å². The van der Waals surface area contributed by atoms with Crippen molar-refractivity contribution >= 4 is 57.9 Å². The van der Waals surface area contributed by atoms with Crippen LogP contribution >= 0.6 is 46.9 Å². The molecule has 0 aliphatic carbocycles. The van der Waals surface area contributed by atoms with Gasteiger partial charge in [0.1, 0.15) is 12.4 Å². The van der Waals surface area contributed by atoms with E-state index in [2.05, 4.69) is 38.0 Å². The first-order valence-corrected chi connectivity index (χ1v) is 10.1. The lowest BCUT2D eigenvalue weighted by Crippen LogP contribution is -2.49. The molecule has 1 aromatic heterocycles. The third-order valence-corrected chi connectivity index (χ3v) is 5.54. The number of anilines is 1. The Bertz CT molecular complexity index is 688. The Morgan fingerprint density at radius 2 is 2.00 bits per heavy atom. The van der Waals surface area contributed by atoms with Gasteiger partial charge in [0.15, 0.2) is 5.96 Å². The van der Waals surface area contributed by atoms with Crippen molar-refractivity contribution in [3.63, 3.8) is 0 Å². The van der Waals surface area contributed by atoms with Crippen LogP contribution in [-0.4, -0.2) is 45.3 Å². The van der Waals surface area contributed by atoms with E-state index in [1.165, 1.54) is 5.00 Å². The fourth-order valence-electron chi connectivity index (χ4n) is 2.95. The maximum atomic E-state index is 5.87. The van der Waals surface area contributed by atoms with Crippen LogP contribution in [0, 0.1) is 0 Å². The highest BCUT2D eigenvalue weighted by molar-refractivity contribution is 14.0. The zero-order valence-electron chi connectivity index (χ0n) is 15.4. The maximum Gasteiger partial charge on any atom is 0.191 e. The number of nitrogens with zero attached hydrogens (tertiary/aromatic N) is 2. The minimum atomic E-state index is 0. The lowest BCUT2D eigenvalue weighted by molar-refractivity contribution is 0.321. The fraction of sp³-hybridized carbons (Fsp3) is 0.421. The summed E-state index contributed by atoms with van der Waals surface area (Å²) < 4.78 is 5.69. The molecule has 0 saturated carbocycles. The highest BCUT2D eigenvalue weighted by Gasteiger charge is 2.20. The van der Waals surface area contributed by atoms with Crippen LogP contribution in [0.15, 0.2) is 46.8 Å². The van der Waals surface area contributed by atoms with E-state index >= 15 is 0 Å². The molecule has 1 aromatic carbocycles. The number of thiophene rings is 1. The first-order valence-electron chi connectivity index (χ1n) is 8.88. The minimum Gasteiger partial charge on any atom is -0.492 e. The SMILES string of the molecule is CN=C(NCCOc1ccc(Cl)cc1)NC1CCN(c2cccs2)CC1.I. The van der Waals surface area contributed by atoms with Crippen LogP contribution in [0.5, 0.6) is 5.75 Å². The van der Waals surface area contributed by atoms with Crippen molar-refractivity contribution in [1.29, 1.82) is 0 Å². The van der Waals surface area contributed by atoms with Crippen molar-refractivity contribution in [3.8, 4) is 5.75 Å². The zero-order valence-corrected chi connectivity index (χ0v) is 19.3. The predicted molar refractivity (Wildman–Crippen MR) is 126 cm³/mol. The van der Waals surface area contributed by atoms with Gasteiger partial charge in [0.25, 0.3) is 0 Å². The number of piperidine rings is 1. The van der Waals surface area contributed by atoms with Crippen molar-refractivity contribution in [2.75, 3.05) is 38.2 Å². The Hall–Kier alpha value is -1.19. The largest absolute Gasteiger partial charge is 0.492 e. The normalized spacial score (nSPS) is 15.2. The molecule has 1 fully saturated rings. The number of benzene rings is 1. The Kier molecular flexibility index (Phi) is 9.50. The van der Waals surface area contributed by atoms with Gasteiger partial charge < -0.3 is 20.3 Å². The third kappa shape index (κ3) is 7.04. The van der Waals surface area contributed by atoms with Gasteiger partial charge in [0.05, 0.1) is 11.5 Å². The summed E-state index contributed by atoms with van der Waals surface area (Å²) in [6.07, 6.45) is 2.22. The molecule has 3 rings (SSSR count). The second-order valence-corrected chi connectivity index (χ2v) is 7.52. The van der Waals surface area contributed by atoms with E-state index in [0.29, 0.717) is 24.2 Å². The molecule has 1 aliphatic rings. The van der Waals surface area contributed by atoms with Crippen molar-refractivity contribution in [1.82, 2.24) is 10.6 Å². The number of aliphatic imine (C=N–C) groups is 1. The third-order valence-electron chi connectivity index (χ3n) is 4.35. The molecule has 0 spiro atoms. The molecule has 5 nitrogen and oxygen atoms in total. The monoisotopic (exact) mass is 520 g/mol. The number of hydrogen-bond acceptors (Lipinski definition) is 4. The molecular formula is C19H26ClIN4OS. The fourth-order valence-corrected chi connectivity index (χ4v) is 3.86. The van der Waals surface area contributed by atoms with Gasteiger partial charge in [-0.2, -0.15) is 0 Å². The summed E-state index contributed by atoms with van der Waals surface area (Å²) in [6, 6.07) is 12.2. The van der Waals surface area contributed by atoms with Gasteiger partial charge in [0.2, 0.25) is 0 Å². The summed E-state index contributed by atoms with van der Waals surface area (Å²) in [5.41, 5.74) is 0. The van der Waals surface area contributed by atoms with E-state index in [9.17, 15) is 0 Å². The van der Waals surface area contributed by atoms with Gasteiger partial charge in [-0.1, -0.05) is 11.6 Å². The number of halogens is 2. The molecule has 2 aromatic rings. The molecule has 2 N–H and O–H groups in total. The van der Waals surface area contributed by atoms with Crippen LogP contribution in [0.25, 0.3) is 0 Å². The summed E-state index contributed by atoms with van der Waals surface area (Å²) in [4.78, 5) is 6.77. The first kappa shape index (κ1) is 22.1. The molecular weight excluding hydrogens is 495 g/mol. The Morgan fingerprint density at radius 3 is 2.63 bits per heavy atom. The summed E-state index contributed by atoms with van der Waals surface area (Å²) in [5.74, 6) is 1.65. The Morgan fingerprint density at radius 1 is 1.26 bits per heavy atom. The molecule has 1 aliphatic heterocycles. The molecule has 148 valence electrons. The standard InChI is InChI=1S/C19H25ClN4OS.HI/c1-21-19(22-10-13-25-17-6-4-15(20)5-7-17)23-16-8-11-24(12-9-16)18-3-2-14-26-18;/h2-7,14,16H,8-13H2,1H3,(H2,21,22,23);1H. The molecule has 27 heavy (non-hydrogen) atoms. The van der Waals surface area contributed by atoms with Crippen LogP contribution in [0.2, 0.25) is 5.02 Å². The molecule has 0 atom stereocenters. The Balaban J connectivity index is 0.00000261. The lowest BCUT2D eigenvalue weighted by atomic mass is 10.1. The molecule has 8 heteroatoms. The zero-order chi connectivity index (χ0) is 18.2. The maximum absolute atomic E-state index is 5.87. The van der Waals surface area contributed by atoms with Crippen molar-refractivity contribution in [2.24, 2.45) is 4.99 Å². The van der Waals surface area contributed by atoms with Crippen molar-refractivity contribution < 1.29 is 4.74 Å². The number of nitrogens with one attached hydrogen (secondary N) is 2. The summed E-state index contributed by atoms with van der Waals surface area (Å²) in [5, 5.41) is 11.0. The second kappa shape index (κ2) is 11.6. The number of guanidine groups is 1. The molecule has 0 bridgehead atoms. The van der Waals surface area contributed by atoms with E-state index < -0.39 is 0 Å². The quantitative estimate of drug-likeness (QED) is 0.259. The van der Waals surface area contributed by atoms with Gasteiger partial charge in [-0.25, -0.2) is 0 Å². The number of rotatable bonds is 6. The molecule has 0 unspecified atom stereocenters. The Labute approximate surface area is 187 Å². The van der Waals surface area contributed by atoms with Crippen LogP contribution in [-0.2, 0) is 0 Å². The van der Waals surface area contributed by atoms with E-state index in [-0.39, 0.29) is 24.0 Å². The average Bonchev–Trinajstić information content (AvgIpc) is 3.21. The smallest absolute Gasteiger partial charge is 0.191 e. The molecule has 1 saturated heterocycles. The highest BCUT2D eigenvalue weighted by Crippen LogP contribution is 2.24. The first-order chi connectivity index (χ1) is 12.7. The summed E-state index contributed by atoms with van der Waals surface area (Å²) >= 11 is 7.68. The number of hydrogen-bond donors (Lipinski definition) is 2. The highest BCUT2D eigenvalue weighted by atomic mass is 127. The van der Waals surface area contributed by atoms with E-state index in [0.717, 1.165) is 37.6 Å². The average molecular weight is 521 g/mol. The van der Waals surface area contributed by atoms with Gasteiger partial charge in [-0.05, 0) is 54.6 Å². The lowest BCUT2D eigenvalue weighted by Gasteiger charge is -2.33. The molecule has 0 amide bonds. The predicted octanol–water partition coefficient (Wildman–Crippen LogP) is 4.23. The van der Waals surface area contributed by atoms with Crippen molar-refractivity contribution in [3.05, 3.63) is 46.8 Å². The van der Waals surface area contributed by atoms with Crippen LogP contribution in [0.3, 0.4) is 0 Å². The summed E-state index contributed by atoms with van der Waals surface area (Å²) in [6.45, 7) is 3.42. The van der Waals surface area contributed by atoms with Gasteiger partial charge in [-0.15, -0.1) is 35.3 Å². The van der Waals surface area contributed by atoms with Crippen molar-refractivity contribution in [2.45, 2.75) is 18.9 Å². The van der Waals surface area contributed by atoms with E-state index in [4.69, 9.17) is 16.3 Å². The van der Waals surface area contributed by atoms with Crippen LogP contribution in [0.4, 0.5) is 5.00 Å². The minimum absolute atomic E-state index is 0.